The van der Waals surface area contributed by atoms with E-state index in [2.05, 4.69) is 11.9 Å². The van der Waals surface area contributed by atoms with E-state index < -0.39 is 0 Å². The van der Waals surface area contributed by atoms with Crippen LogP contribution in [0.5, 0.6) is 5.75 Å². The van der Waals surface area contributed by atoms with Crippen molar-refractivity contribution in [1.29, 1.82) is 0 Å². The Morgan fingerprint density at radius 1 is 1.27 bits per heavy atom. The highest BCUT2D eigenvalue weighted by Crippen LogP contribution is 2.34. The van der Waals surface area contributed by atoms with E-state index in [-0.39, 0.29) is 29.6 Å². The van der Waals surface area contributed by atoms with Crippen LogP contribution >= 0.6 is 23.1 Å². The quantitative estimate of drug-likeness (QED) is 0.186. The minimum Gasteiger partial charge on any atom is -0.482 e. The maximum atomic E-state index is 13.4. The van der Waals surface area contributed by atoms with E-state index in [4.69, 9.17) is 9.72 Å². The zero-order valence-corrected chi connectivity index (χ0v) is 19.7. The fraction of sp³-hybridized carbons (Fsp3) is 0.333. The number of ketones is 1. The average molecular weight is 482 g/mol. The second kappa shape index (κ2) is 9.15. The molecule has 3 aromatic rings. The molecule has 2 aromatic heterocycles. The Morgan fingerprint density at radius 3 is 2.97 bits per heavy atom. The Morgan fingerprint density at radius 2 is 2.12 bits per heavy atom. The van der Waals surface area contributed by atoms with Gasteiger partial charge in [0.05, 0.1) is 16.8 Å². The predicted octanol–water partition coefficient (Wildman–Crippen LogP) is 4.22. The summed E-state index contributed by atoms with van der Waals surface area (Å²) in [6.45, 7) is 4.10. The summed E-state index contributed by atoms with van der Waals surface area (Å²) in [7, 11) is 0. The lowest BCUT2D eigenvalue weighted by molar-refractivity contribution is -0.118. The third-order valence-corrected chi connectivity index (χ3v) is 8.03. The third kappa shape index (κ3) is 4.22. The van der Waals surface area contributed by atoms with Gasteiger partial charge in [-0.15, -0.1) is 17.9 Å². The van der Waals surface area contributed by atoms with Crippen molar-refractivity contribution in [3.8, 4) is 5.75 Å². The Labute approximate surface area is 198 Å². The van der Waals surface area contributed by atoms with Crippen LogP contribution in [0.4, 0.5) is 5.69 Å². The van der Waals surface area contributed by atoms with Crippen LogP contribution in [0, 0.1) is 0 Å². The average Bonchev–Trinajstić information content (AvgIpc) is 3.00. The number of benzene rings is 1. The van der Waals surface area contributed by atoms with Crippen LogP contribution in [0.15, 0.2) is 40.8 Å². The maximum absolute atomic E-state index is 13.4. The van der Waals surface area contributed by atoms with Crippen molar-refractivity contribution < 1.29 is 14.3 Å². The number of thioether (sulfide) groups is 1. The number of aryl methyl sites for hydroxylation is 2. The number of Topliss-reactive ketones (excluding diaryl/α,β-unsaturated/α-hetero) is 1. The fourth-order valence-electron chi connectivity index (χ4n) is 4.27. The number of ether oxygens (including phenoxy) is 1. The zero-order valence-electron chi connectivity index (χ0n) is 18.0. The number of hydrogen-bond acceptors (Lipinski definition) is 7. The van der Waals surface area contributed by atoms with E-state index >= 15 is 0 Å². The molecular weight excluding hydrogens is 458 g/mol. The number of thiophene rings is 1. The zero-order chi connectivity index (χ0) is 22.9. The topological polar surface area (TPSA) is 90.3 Å². The van der Waals surface area contributed by atoms with Gasteiger partial charge >= 0.3 is 0 Å². The van der Waals surface area contributed by atoms with Crippen molar-refractivity contribution in [3.63, 3.8) is 0 Å². The van der Waals surface area contributed by atoms with Gasteiger partial charge in [-0.05, 0) is 49.4 Å². The molecule has 1 N–H and O–H groups in total. The van der Waals surface area contributed by atoms with E-state index in [1.54, 1.807) is 40.2 Å². The molecule has 1 aliphatic carbocycles. The smallest absolute Gasteiger partial charge is 0.263 e. The molecule has 5 rings (SSSR count). The van der Waals surface area contributed by atoms with Crippen LogP contribution < -0.4 is 15.6 Å². The lowest BCUT2D eigenvalue weighted by atomic mass is 10.1. The van der Waals surface area contributed by atoms with Crippen molar-refractivity contribution >= 4 is 50.7 Å². The van der Waals surface area contributed by atoms with Crippen LogP contribution in [0.25, 0.3) is 10.2 Å². The van der Waals surface area contributed by atoms with E-state index in [0.29, 0.717) is 28.7 Å². The highest BCUT2D eigenvalue weighted by Gasteiger charge is 2.22. The molecule has 7 nitrogen and oxygen atoms in total. The van der Waals surface area contributed by atoms with Crippen molar-refractivity contribution in [2.24, 2.45) is 0 Å². The van der Waals surface area contributed by atoms with Crippen LogP contribution in [0.1, 0.15) is 40.1 Å². The van der Waals surface area contributed by atoms with Gasteiger partial charge in [0.2, 0.25) is 0 Å². The molecule has 0 radical (unpaired) electrons. The number of carbonyl (C=O) groups excluding carboxylic acids is 2. The van der Waals surface area contributed by atoms with Crippen LogP contribution in [0.2, 0.25) is 0 Å². The molecule has 33 heavy (non-hydrogen) atoms. The molecule has 0 fully saturated rings. The standard InChI is InChI=1S/C24H23N3O4S2/c1-2-10-27-23(30)21-15-6-4-3-5-7-19(15)33-22(21)26-24(27)32-13-17(28)14-8-9-18-16(11-14)25-20(29)12-31-18/h2,8-9,11H,1,3-7,10,12-13H2,(H,25,29). The molecular formula is C24H23N3O4S2. The normalized spacial score (nSPS) is 15.2. The minimum atomic E-state index is -0.248. The SMILES string of the molecule is C=CCn1c(SCC(=O)c2ccc3c(c2)NC(=O)CO3)nc2sc3c(c2c1=O)CCCCC3. The molecule has 0 spiro atoms. The fourth-order valence-corrected chi connectivity index (χ4v) is 6.47. The summed E-state index contributed by atoms with van der Waals surface area (Å²) in [5.41, 5.74) is 2.07. The molecule has 1 aromatic carbocycles. The van der Waals surface area contributed by atoms with Crippen molar-refractivity contribution in [3.05, 3.63) is 57.2 Å². The summed E-state index contributed by atoms with van der Waals surface area (Å²) in [6.07, 6.45) is 7.02. The minimum absolute atomic E-state index is 0.0305. The number of hydrogen-bond donors (Lipinski definition) is 1. The summed E-state index contributed by atoms with van der Waals surface area (Å²) in [5.74, 6) is 0.294. The van der Waals surface area contributed by atoms with Crippen LogP contribution in [-0.4, -0.2) is 33.6 Å². The molecule has 0 atom stereocenters. The highest BCUT2D eigenvalue weighted by atomic mass is 32.2. The molecule has 1 aliphatic heterocycles. The lowest BCUT2D eigenvalue weighted by Crippen LogP contribution is -2.25. The van der Waals surface area contributed by atoms with Gasteiger partial charge in [0, 0.05) is 17.0 Å². The van der Waals surface area contributed by atoms with Gasteiger partial charge in [-0.1, -0.05) is 24.3 Å². The lowest BCUT2D eigenvalue weighted by Gasteiger charge is -2.18. The number of nitrogens with one attached hydrogen (secondary N) is 1. The monoisotopic (exact) mass is 481 g/mol. The van der Waals surface area contributed by atoms with Gasteiger partial charge in [0.15, 0.2) is 17.5 Å². The molecule has 0 saturated heterocycles. The van der Waals surface area contributed by atoms with E-state index in [1.165, 1.54) is 23.1 Å². The number of fused-ring (bicyclic) bond motifs is 4. The first kappa shape index (κ1) is 21.9. The Kier molecular flexibility index (Phi) is 6.07. The van der Waals surface area contributed by atoms with Gasteiger partial charge in [-0.3, -0.25) is 19.0 Å². The number of nitrogens with zero attached hydrogens (tertiary/aromatic N) is 2. The molecule has 0 saturated carbocycles. The predicted molar refractivity (Wildman–Crippen MR) is 131 cm³/mol. The molecule has 0 unspecified atom stereocenters. The van der Waals surface area contributed by atoms with Gasteiger partial charge in [-0.25, -0.2) is 4.98 Å². The summed E-state index contributed by atoms with van der Waals surface area (Å²) < 4.78 is 6.97. The van der Waals surface area contributed by atoms with Crippen molar-refractivity contribution in [1.82, 2.24) is 9.55 Å². The molecule has 1 amide bonds. The van der Waals surface area contributed by atoms with Crippen molar-refractivity contribution in [2.75, 3.05) is 17.7 Å². The second-order valence-electron chi connectivity index (χ2n) is 8.10. The third-order valence-electron chi connectivity index (χ3n) is 5.87. The molecule has 0 bridgehead atoms. The number of amides is 1. The van der Waals surface area contributed by atoms with E-state index in [0.717, 1.165) is 41.5 Å². The highest BCUT2D eigenvalue weighted by molar-refractivity contribution is 7.99. The largest absolute Gasteiger partial charge is 0.482 e. The molecule has 9 heteroatoms. The maximum Gasteiger partial charge on any atom is 0.263 e. The molecule has 2 aliphatic rings. The Bertz CT molecular complexity index is 1340. The Hall–Kier alpha value is -2.91. The first-order valence-corrected chi connectivity index (χ1v) is 12.7. The number of anilines is 1. The van der Waals surface area contributed by atoms with E-state index in [9.17, 15) is 14.4 Å². The first-order valence-electron chi connectivity index (χ1n) is 10.9. The number of carbonyl (C=O) groups is 2. The summed E-state index contributed by atoms with van der Waals surface area (Å²) in [5, 5.41) is 3.98. The number of allylic oxidation sites excluding steroid dienone is 1. The summed E-state index contributed by atoms with van der Waals surface area (Å²) >= 11 is 2.86. The van der Waals surface area contributed by atoms with Crippen molar-refractivity contribution in [2.45, 2.75) is 43.8 Å². The Balaban J connectivity index is 1.44. The van der Waals surface area contributed by atoms with Crippen LogP contribution in [-0.2, 0) is 24.2 Å². The van der Waals surface area contributed by atoms with Gasteiger partial charge in [-0.2, -0.15) is 0 Å². The molecule has 170 valence electrons. The second-order valence-corrected chi connectivity index (χ2v) is 10.1. The van der Waals surface area contributed by atoms with Gasteiger partial charge in [0.25, 0.3) is 11.5 Å². The number of rotatable bonds is 6. The first-order chi connectivity index (χ1) is 16.0. The number of aromatic nitrogens is 2. The summed E-state index contributed by atoms with van der Waals surface area (Å²) in [6, 6.07) is 4.99. The van der Waals surface area contributed by atoms with Gasteiger partial charge < -0.3 is 10.1 Å². The van der Waals surface area contributed by atoms with E-state index in [1.807, 2.05) is 0 Å². The van der Waals surface area contributed by atoms with Crippen LogP contribution in [0.3, 0.4) is 0 Å². The summed E-state index contributed by atoms with van der Waals surface area (Å²) in [4.78, 5) is 44.7. The van der Waals surface area contributed by atoms with Gasteiger partial charge in [0.1, 0.15) is 10.6 Å². The molecule has 3 heterocycles.